The molecule has 0 radical (unpaired) electrons. The van der Waals surface area contributed by atoms with Gasteiger partial charge in [-0.3, -0.25) is 9.13 Å². The Bertz CT molecular complexity index is 3130. The Hall–Kier alpha value is -7.77. The molecule has 0 saturated carbocycles. The second-order valence-corrected chi connectivity index (χ2v) is 13.8. The minimum atomic E-state index is 0.549. The molecule has 0 unspecified atom stereocenters. The van der Waals surface area contributed by atoms with Crippen LogP contribution >= 0.6 is 0 Å². The van der Waals surface area contributed by atoms with Crippen molar-refractivity contribution in [1.29, 1.82) is 0 Å². The third-order valence-electron chi connectivity index (χ3n) is 10.4. The van der Waals surface area contributed by atoms with Crippen LogP contribution in [0.25, 0.3) is 101 Å². The summed E-state index contributed by atoms with van der Waals surface area (Å²) in [7, 11) is 0. The van der Waals surface area contributed by atoms with E-state index in [1.807, 2.05) is 78.9 Å². The van der Waals surface area contributed by atoms with Crippen LogP contribution in [0.3, 0.4) is 0 Å². The van der Waals surface area contributed by atoms with Crippen LogP contribution in [0.4, 0.5) is 0 Å². The number of para-hydroxylation sites is 3. The summed E-state index contributed by atoms with van der Waals surface area (Å²) >= 11 is 0. The van der Waals surface area contributed by atoms with Crippen molar-refractivity contribution in [1.82, 2.24) is 34.1 Å². The fourth-order valence-corrected chi connectivity index (χ4v) is 7.83. The maximum Gasteiger partial charge on any atom is 0.238 e. The molecular weight excluding hydrogens is 687 g/mol. The zero-order chi connectivity index (χ0) is 37.0. The van der Waals surface area contributed by atoms with Gasteiger partial charge in [-0.1, -0.05) is 146 Å². The summed E-state index contributed by atoms with van der Waals surface area (Å²) in [4.78, 5) is 25.7. The molecule has 4 heterocycles. The van der Waals surface area contributed by atoms with E-state index in [9.17, 15) is 0 Å². The summed E-state index contributed by atoms with van der Waals surface area (Å²) < 4.78 is 4.39. The molecule has 4 aromatic heterocycles. The third kappa shape index (κ3) is 5.25. The number of nitrogens with zero attached hydrogens (tertiary/aromatic N) is 7. The number of rotatable bonds is 6. The molecule has 0 atom stereocenters. The van der Waals surface area contributed by atoms with Gasteiger partial charge in [-0.2, -0.15) is 9.97 Å². The first-order valence-electron chi connectivity index (χ1n) is 18.6. The van der Waals surface area contributed by atoms with Gasteiger partial charge < -0.3 is 0 Å². The van der Waals surface area contributed by atoms with Gasteiger partial charge in [-0.25, -0.2) is 15.0 Å². The van der Waals surface area contributed by atoms with Crippen LogP contribution in [0.2, 0.25) is 0 Å². The van der Waals surface area contributed by atoms with Crippen LogP contribution in [-0.2, 0) is 0 Å². The van der Waals surface area contributed by atoms with Gasteiger partial charge >= 0.3 is 0 Å². The first-order valence-corrected chi connectivity index (χ1v) is 18.6. The lowest BCUT2D eigenvalue weighted by molar-refractivity contribution is 0.953. The van der Waals surface area contributed by atoms with Crippen molar-refractivity contribution >= 4 is 43.6 Å². The van der Waals surface area contributed by atoms with E-state index >= 15 is 0 Å². The first kappa shape index (κ1) is 31.7. The highest BCUT2D eigenvalue weighted by Gasteiger charge is 2.20. The van der Waals surface area contributed by atoms with Crippen molar-refractivity contribution < 1.29 is 0 Å². The SMILES string of the molecule is c1ccc(-c2cc(-n3c4ccccc4c4ccccc43)nc(-c3ccc4c(c3)c3ccccc3n4-c3nc(-c4ccccc4)nc(-c4ccccc4)n3)n2)cc1. The largest absolute Gasteiger partial charge is 0.294 e. The predicted octanol–water partition coefficient (Wildman–Crippen LogP) is 11.5. The molecule has 0 aliphatic heterocycles. The molecular formula is C49H31N7. The van der Waals surface area contributed by atoms with Gasteiger partial charge in [-0.05, 0) is 36.4 Å². The van der Waals surface area contributed by atoms with Crippen molar-refractivity contribution in [3.63, 3.8) is 0 Å². The van der Waals surface area contributed by atoms with E-state index < -0.39 is 0 Å². The average molecular weight is 718 g/mol. The second-order valence-electron chi connectivity index (χ2n) is 13.8. The summed E-state index contributed by atoms with van der Waals surface area (Å²) in [6, 6.07) is 64.4. The molecule has 0 N–H and O–H groups in total. The van der Waals surface area contributed by atoms with Crippen molar-refractivity contribution in [2.75, 3.05) is 0 Å². The fraction of sp³-hybridized carbons (Fsp3) is 0. The number of benzene rings is 7. The minimum Gasteiger partial charge on any atom is -0.294 e. The average Bonchev–Trinajstić information content (AvgIpc) is 3.80. The van der Waals surface area contributed by atoms with Crippen LogP contribution in [0, 0.1) is 0 Å². The zero-order valence-corrected chi connectivity index (χ0v) is 30.0. The van der Waals surface area contributed by atoms with Crippen molar-refractivity contribution in [3.8, 4) is 57.2 Å². The van der Waals surface area contributed by atoms with Crippen molar-refractivity contribution in [2.45, 2.75) is 0 Å². The van der Waals surface area contributed by atoms with E-state index in [-0.39, 0.29) is 0 Å². The van der Waals surface area contributed by atoms with Gasteiger partial charge in [0.1, 0.15) is 5.82 Å². The quantitative estimate of drug-likeness (QED) is 0.171. The molecule has 0 spiro atoms. The van der Waals surface area contributed by atoms with Crippen LogP contribution in [-0.4, -0.2) is 34.1 Å². The highest BCUT2D eigenvalue weighted by atomic mass is 15.2. The standard InChI is InChI=1S/C49H31N7/c1-4-16-32(17-5-1)40-31-45(55-41-25-13-10-22-36(41)37-23-11-14-26-42(37)55)51-48(50-40)35-28-29-44-39(30-35)38-24-12-15-27-43(38)56(44)49-53-46(33-18-6-2-7-19-33)52-47(54-49)34-20-8-3-9-21-34/h1-31H. The van der Waals surface area contributed by atoms with Gasteiger partial charge in [0.15, 0.2) is 17.5 Å². The molecule has 0 aliphatic carbocycles. The van der Waals surface area contributed by atoms with Gasteiger partial charge in [0.05, 0.1) is 27.8 Å². The third-order valence-corrected chi connectivity index (χ3v) is 10.4. The molecule has 11 rings (SSSR count). The van der Waals surface area contributed by atoms with Gasteiger partial charge in [0.2, 0.25) is 5.95 Å². The van der Waals surface area contributed by atoms with E-state index in [0.717, 1.165) is 66.6 Å². The minimum absolute atomic E-state index is 0.549. The molecule has 11 aromatic rings. The Labute approximate surface area is 321 Å². The molecule has 0 saturated heterocycles. The Kier molecular flexibility index (Phi) is 7.35. The van der Waals surface area contributed by atoms with Gasteiger partial charge in [0, 0.05) is 49.9 Å². The molecule has 7 heteroatoms. The normalized spacial score (nSPS) is 11.6. The smallest absolute Gasteiger partial charge is 0.238 e. The van der Waals surface area contributed by atoms with Crippen LogP contribution < -0.4 is 0 Å². The van der Waals surface area contributed by atoms with Gasteiger partial charge in [0.25, 0.3) is 0 Å². The molecule has 7 nitrogen and oxygen atoms in total. The molecule has 262 valence electrons. The number of hydrogen-bond acceptors (Lipinski definition) is 5. The van der Waals surface area contributed by atoms with Gasteiger partial charge in [-0.15, -0.1) is 0 Å². The summed E-state index contributed by atoms with van der Waals surface area (Å²) in [5.41, 5.74) is 8.78. The number of aromatic nitrogens is 7. The summed E-state index contributed by atoms with van der Waals surface area (Å²) in [6.45, 7) is 0. The lowest BCUT2D eigenvalue weighted by Crippen LogP contribution is -2.06. The Morgan fingerprint density at radius 3 is 1.30 bits per heavy atom. The first-order chi connectivity index (χ1) is 27.8. The van der Waals surface area contributed by atoms with E-state index in [0.29, 0.717) is 23.4 Å². The van der Waals surface area contributed by atoms with E-state index in [1.54, 1.807) is 0 Å². The summed E-state index contributed by atoms with van der Waals surface area (Å²) in [5.74, 6) is 3.22. The monoisotopic (exact) mass is 717 g/mol. The van der Waals surface area contributed by atoms with E-state index in [1.165, 1.54) is 10.8 Å². The second kappa shape index (κ2) is 13.0. The highest BCUT2D eigenvalue weighted by molar-refractivity contribution is 6.11. The van der Waals surface area contributed by atoms with Crippen LogP contribution in [0.15, 0.2) is 188 Å². The summed E-state index contributed by atoms with van der Waals surface area (Å²) in [5, 5.41) is 4.49. The number of hydrogen-bond donors (Lipinski definition) is 0. The Balaban J connectivity index is 1.14. The van der Waals surface area contributed by atoms with Crippen molar-refractivity contribution in [3.05, 3.63) is 188 Å². The van der Waals surface area contributed by atoms with Crippen molar-refractivity contribution in [2.24, 2.45) is 0 Å². The molecule has 7 aromatic carbocycles. The highest BCUT2D eigenvalue weighted by Crippen LogP contribution is 2.37. The fourth-order valence-electron chi connectivity index (χ4n) is 7.83. The van der Waals surface area contributed by atoms with Crippen LogP contribution in [0.1, 0.15) is 0 Å². The Morgan fingerprint density at radius 2 is 0.732 bits per heavy atom. The maximum atomic E-state index is 5.33. The summed E-state index contributed by atoms with van der Waals surface area (Å²) in [6.07, 6.45) is 0. The van der Waals surface area contributed by atoms with E-state index in [4.69, 9.17) is 24.9 Å². The Morgan fingerprint density at radius 1 is 0.286 bits per heavy atom. The topological polar surface area (TPSA) is 74.3 Å². The van der Waals surface area contributed by atoms with Crippen LogP contribution in [0.5, 0.6) is 0 Å². The lowest BCUT2D eigenvalue weighted by atomic mass is 10.1. The van der Waals surface area contributed by atoms with E-state index in [2.05, 4.69) is 118 Å². The molecule has 0 bridgehead atoms. The molecule has 0 aliphatic rings. The lowest BCUT2D eigenvalue weighted by Gasteiger charge is -2.12. The predicted molar refractivity (Wildman–Crippen MR) is 226 cm³/mol. The molecule has 0 fully saturated rings. The maximum absolute atomic E-state index is 5.33. The molecule has 0 amide bonds. The number of fused-ring (bicyclic) bond motifs is 6. The molecule has 56 heavy (non-hydrogen) atoms. The zero-order valence-electron chi connectivity index (χ0n) is 30.0.